The summed E-state index contributed by atoms with van der Waals surface area (Å²) in [5.74, 6) is 0. The predicted octanol–water partition coefficient (Wildman–Crippen LogP) is 1.57. The normalized spacial score (nSPS) is 14.6. The molecule has 0 saturated heterocycles. The summed E-state index contributed by atoms with van der Waals surface area (Å²) >= 11 is 0. The number of rotatable bonds is 7. The first-order valence-electron chi connectivity index (χ1n) is 5.77. The molecule has 0 saturated carbocycles. The lowest BCUT2D eigenvalue weighted by Gasteiger charge is -2.30. The number of hydrogen-bond acceptors (Lipinski definition) is 2. The molecule has 0 N–H and O–H groups in total. The molecule has 86 valence electrons. The zero-order valence-corrected chi connectivity index (χ0v) is 12.7. The van der Waals surface area contributed by atoms with Crippen molar-refractivity contribution in [3.05, 3.63) is 0 Å². The third-order valence-corrected chi connectivity index (χ3v) is 3.56. The highest BCUT2D eigenvalue weighted by Crippen LogP contribution is 2.08. The van der Waals surface area contributed by atoms with Gasteiger partial charge < -0.3 is 4.43 Å². The van der Waals surface area contributed by atoms with Crippen molar-refractivity contribution in [1.82, 2.24) is 4.90 Å². The van der Waals surface area contributed by atoms with Crippen molar-refractivity contribution in [2.75, 3.05) is 6.54 Å². The minimum Gasteiger partial charge on any atom is -0.425 e. The van der Waals surface area contributed by atoms with E-state index >= 15 is 0 Å². The monoisotopic (exact) mass is 217 g/mol. The van der Waals surface area contributed by atoms with Crippen LogP contribution in [0.3, 0.4) is 0 Å². The quantitative estimate of drug-likeness (QED) is 0.600. The maximum atomic E-state index is 5.37. The SMILES string of the molecule is CC(CCCN(C(C)C)C(C)C)O[SiH3]. The van der Waals surface area contributed by atoms with Crippen LogP contribution in [0.25, 0.3) is 0 Å². The fourth-order valence-electron chi connectivity index (χ4n) is 1.79. The van der Waals surface area contributed by atoms with E-state index in [1.165, 1.54) is 19.4 Å². The average molecular weight is 217 g/mol. The molecule has 0 spiro atoms. The van der Waals surface area contributed by atoms with Crippen LogP contribution < -0.4 is 0 Å². The fraction of sp³-hybridized carbons (Fsp3) is 1.00. The van der Waals surface area contributed by atoms with Gasteiger partial charge in [0.05, 0.1) is 0 Å². The van der Waals surface area contributed by atoms with Gasteiger partial charge in [0.2, 0.25) is 0 Å². The first-order valence-corrected chi connectivity index (χ1v) is 6.59. The Hall–Kier alpha value is 0.137. The van der Waals surface area contributed by atoms with Crippen LogP contribution in [-0.4, -0.2) is 40.1 Å². The first kappa shape index (κ1) is 14.1. The van der Waals surface area contributed by atoms with Crippen LogP contribution in [0.5, 0.6) is 0 Å². The van der Waals surface area contributed by atoms with Crippen LogP contribution in [0.15, 0.2) is 0 Å². The van der Waals surface area contributed by atoms with Gasteiger partial charge in [-0.1, -0.05) is 0 Å². The van der Waals surface area contributed by atoms with E-state index in [9.17, 15) is 0 Å². The molecule has 3 heteroatoms. The van der Waals surface area contributed by atoms with E-state index in [1.54, 1.807) is 0 Å². The second-order valence-electron chi connectivity index (χ2n) is 4.61. The van der Waals surface area contributed by atoms with Gasteiger partial charge in [-0.2, -0.15) is 0 Å². The molecule has 0 aliphatic rings. The summed E-state index contributed by atoms with van der Waals surface area (Å²) in [7, 11) is 0.866. The lowest BCUT2D eigenvalue weighted by atomic mass is 10.1. The Morgan fingerprint density at radius 3 is 1.93 bits per heavy atom. The summed E-state index contributed by atoms with van der Waals surface area (Å²) in [6, 6.07) is 1.31. The van der Waals surface area contributed by atoms with Gasteiger partial charge in [-0.25, -0.2) is 0 Å². The minimum atomic E-state index is 0.461. The molecule has 0 aliphatic carbocycles. The first-order chi connectivity index (χ1) is 6.49. The lowest BCUT2D eigenvalue weighted by molar-refractivity contribution is 0.157. The van der Waals surface area contributed by atoms with Crippen LogP contribution in [0, 0.1) is 0 Å². The van der Waals surface area contributed by atoms with Crippen molar-refractivity contribution in [2.45, 2.75) is 65.6 Å². The molecule has 1 unspecified atom stereocenters. The van der Waals surface area contributed by atoms with Crippen LogP contribution in [0.4, 0.5) is 0 Å². The van der Waals surface area contributed by atoms with Gasteiger partial charge in [0, 0.05) is 18.2 Å². The van der Waals surface area contributed by atoms with Gasteiger partial charge in [-0.3, -0.25) is 4.90 Å². The van der Waals surface area contributed by atoms with E-state index in [4.69, 9.17) is 4.43 Å². The molecule has 0 heterocycles. The molecule has 0 rings (SSSR count). The Labute approximate surface area is 92.6 Å². The zero-order chi connectivity index (χ0) is 11.1. The summed E-state index contributed by atoms with van der Waals surface area (Å²) in [5.41, 5.74) is 0. The summed E-state index contributed by atoms with van der Waals surface area (Å²) in [6.45, 7) is 12.4. The summed E-state index contributed by atoms with van der Waals surface area (Å²) < 4.78 is 5.37. The fourth-order valence-corrected chi connectivity index (χ4v) is 2.03. The molecule has 0 amide bonds. The molecule has 0 fully saturated rings. The largest absolute Gasteiger partial charge is 0.425 e. The van der Waals surface area contributed by atoms with Gasteiger partial charge in [0.1, 0.15) is 10.5 Å². The van der Waals surface area contributed by atoms with Gasteiger partial charge >= 0.3 is 0 Å². The van der Waals surface area contributed by atoms with Crippen molar-refractivity contribution >= 4 is 10.5 Å². The smallest absolute Gasteiger partial charge is 0.146 e. The van der Waals surface area contributed by atoms with Crippen LogP contribution in [0.2, 0.25) is 0 Å². The highest BCUT2D eigenvalue weighted by atomic mass is 28.2. The molecular weight excluding hydrogens is 190 g/mol. The molecule has 0 aromatic rings. The molecule has 0 aliphatic heterocycles. The third-order valence-electron chi connectivity index (χ3n) is 2.76. The molecule has 0 aromatic carbocycles. The van der Waals surface area contributed by atoms with Crippen molar-refractivity contribution in [2.24, 2.45) is 0 Å². The van der Waals surface area contributed by atoms with E-state index < -0.39 is 0 Å². The Kier molecular flexibility index (Phi) is 7.50. The lowest BCUT2D eigenvalue weighted by Crippen LogP contribution is -2.37. The van der Waals surface area contributed by atoms with Crippen LogP contribution >= 0.6 is 0 Å². The van der Waals surface area contributed by atoms with E-state index in [2.05, 4.69) is 39.5 Å². The molecule has 2 nitrogen and oxygen atoms in total. The molecule has 1 atom stereocenters. The maximum absolute atomic E-state index is 5.37. The molecule has 0 bridgehead atoms. The summed E-state index contributed by atoms with van der Waals surface area (Å²) in [5, 5.41) is 0. The van der Waals surface area contributed by atoms with Gasteiger partial charge in [-0.05, 0) is 54.0 Å². The van der Waals surface area contributed by atoms with Crippen molar-refractivity contribution in [3.63, 3.8) is 0 Å². The predicted molar refractivity (Wildman–Crippen MR) is 66.7 cm³/mol. The van der Waals surface area contributed by atoms with Gasteiger partial charge in [0.25, 0.3) is 0 Å². The Morgan fingerprint density at radius 2 is 1.57 bits per heavy atom. The van der Waals surface area contributed by atoms with Crippen LogP contribution in [-0.2, 0) is 4.43 Å². The second-order valence-corrected chi connectivity index (χ2v) is 5.09. The second kappa shape index (κ2) is 7.43. The average Bonchev–Trinajstić information content (AvgIpc) is 2.10. The van der Waals surface area contributed by atoms with Crippen molar-refractivity contribution in [3.8, 4) is 0 Å². The van der Waals surface area contributed by atoms with Gasteiger partial charge in [-0.15, -0.1) is 0 Å². The maximum Gasteiger partial charge on any atom is 0.146 e. The third kappa shape index (κ3) is 5.78. The highest BCUT2D eigenvalue weighted by molar-refractivity contribution is 5.98. The Balaban J connectivity index is 3.72. The molecule has 0 radical (unpaired) electrons. The summed E-state index contributed by atoms with van der Waals surface area (Å²) in [4.78, 5) is 2.54. The van der Waals surface area contributed by atoms with E-state index in [-0.39, 0.29) is 0 Å². The number of hydrogen-bond donors (Lipinski definition) is 0. The Bertz CT molecular complexity index is 131. The van der Waals surface area contributed by atoms with Crippen LogP contribution in [0.1, 0.15) is 47.5 Å². The standard InChI is InChI=1S/C11H27NOSi/c1-9(2)12(10(3)4)8-6-7-11(5)13-14/h9-11H,6-8H2,1-5,14H3. The summed E-state index contributed by atoms with van der Waals surface area (Å²) in [6.07, 6.45) is 2.90. The Morgan fingerprint density at radius 1 is 1.07 bits per heavy atom. The van der Waals surface area contributed by atoms with Crippen molar-refractivity contribution < 1.29 is 4.43 Å². The molecule has 14 heavy (non-hydrogen) atoms. The molecular formula is C11H27NOSi. The number of nitrogens with zero attached hydrogens (tertiary/aromatic N) is 1. The van der Waals surface area contributed by atoms with E-state index in [1.807, 2.05) is 0 Å². The topological polar surface area (TPSA) is 12.5 Å². The zero-order valence-electron chi connectivity index (χ0n) is 10.7. The van der Waals surface area contributed by atoms with E-state index in [0.717, 1.165) is 10.5 Å². The highest BCUT2D eigenvalue weighted by Gasteiger charge is 2.12. The van der Waals surface area contributed by atoms with Gasteiger partial charge in [0.15, 0.2) is 0 Å². The minimum absolute atomic E-state index is 0.461. The van der Waals surface area contributed by atoms with E-state index in [0.29, 0.717) is 18.2 Å². The molecule has 0 aromatic heterocycles. The van der Waals surface area contributed by atoms with Crippen molar-refractivity contribution in [1.29, 1.82) is 0 Å².